The highest BCUT2D eigenvalue weighted by atomic mass is 35.5. The number of halogens is 2. The first-order valence-corrected chi connectivity index (χ1v) is 4.14. The topological polar surface area (TPSA) is 49.8 Å². The number of anilines is 1. The van der Waals surface area contributed by atoms with E-state index in [1.54, 1.807) is 0 Å². The van der Waals surface area contributed by atoms with Crippen LogP contribution in [0.4, 0.5) is 10.1 Å². The van der Waals surface area contributed by atoms with Gasteiger partial charge in [-0.15, -0.1) is 0 Å². The molecule has 0 aromatic heterocycles. The second-order valence-electron chi connectivity index (χ2n) is 2.47. The van der Waals surface area contributed by atoms with Gasteiger partial charge in [0.25, 0.3) is 0 Å². The molecule has 0 unspecified atom stereocenters. The molecule has 0 aliphatic rings. The maximum Gasteiger partial charge on any atom is 0.165 e. The van der Waals surface area contributed by atoms with Gasteiger partial charge >= 0.3 is 0 Å². The monoisotopic (exact) mass is 208 g/mol. The Morgan fingerprint density at radius 2 is 2.21 bits per heavy atom. The molecule has 0 heterocycles. The van der Waals surface area contributed by atoms with E-state index in [4.69, 9.17) is 22.6 Å². The molecule has 1 aromatic carbocycles. The van der Waals surface area contributed by atoms with E-state index in [1.165, 1.54) is 12.1 Å². The number of nitrogen functional groups attached to an aromatic ring is 1. The normalized spacial score (nSPS) is 8.64. The molecular weight excluding hydrogens is 203 g/mol. The Morgan fingerprint density at radius 3 is 2.86 bits per heavy atom. The zero-order valence-corrected chi connectivity index (χ0v) is 7.90. The van der Waals surface area contributed by atoms with Gasteiger partial charge in [-0.25, -0.2) is 4.39 Å². The summed E-state index contributed by atoms with van der Waals surface area (Å²) in [7, 11) is 0. The first-order valence-electron chi connectivity index (χ1n) is 3.76. The van der Waals surface area contributed by atoms with Crippen LogP contribution in [0.2, 0.25) is 5.02 Å². The van der Waals surface area contributed by atoms with E-state index in [0.29, 0.717) is 5.56 Å². The smallest absolute Gasteiger partial charge is 0.165 e. The Morgan fingerprint density at radius 1 is 1.50 bits per heavy atom. The Labute approximate surface area is 86.1 Å². The zero-order chi connectivity index (χ0) is 10.6. The van der Waals surface area contributed by atoms with Crippen LogP contribution in [0.25, 0.3) is 0 Å². The van der Waals surface area contributed by atoms with Crippen LogP contribution >= 0.6 is 11.6 Å². The summed E-state index contributed by atoms with van der Waals surface area (Å²) in [5.41, 5.74) is 5.61. The predicted octanol–water partition coefficient (Wildman–Crippen LogP) is 2.33. The van der Waals surface area contributed by atoms with Gasteiger partial charge in [-0.05, 0) is 12.1 Å². The minimum Gasteiger partial charge on any atom is -0.396 e. The van der Waals surface area contributed by atoms with Gasteiger partial charge in [-0.3, -0.25) is 0 Å². The molecule has 4 heteroatoms. The number of hydrogen-bond acceptors (Lipinski definition) is 2. The maximum atomic E-state index is 13.1. The molecule has 2 N–H and O–H groups in total. The molecule has 0 spiro atoms. The third kappa shape index (κ3) is 2.16. The molecule has 0 aliphatic heterocycles. The second kappa shape index (κ2) is 4.50. The highest BCUT2D eigenvalue weighted by Gasteiger charge is 2.07. The van der Waals surface area contributed by atoms with Gasteiger partial charge in [0.2, 0.25) is 0 Å². The van der Waals surface area contributed by atoms with Crippen LogP contribution in [0.5, 0.6) is 0 Å². The number of benzene rings is 1. The summed E-state index contributed by atoms with van der Waals surface area (Å²) in [6.45, 7) is 0. The third-order valence-electron chi connectivity index (χ3n) is 1.50. The van der Waals surface area contributed by atoms with Crippen molar-refractivity contribution in [1.82, 2.24) is 0 Å². The minimum atomic E-state index is -0.671. The lowest BCUT2D eigenvalue weighted by Crippen LogP contribution is -1.92. The summed E-state index contributed by atoms with van der Waals surface area (Å²) < 4.78 is 13.1. The molecular formula is C10H6ClFN2. The molecule has 1 aromatic rings. The largest absolute Gasteiger partial charge is 0.396 e. The van der Waals surface area contributed by atoms with Gasteiger partial charge in [-0.1, -0.05) is 23.4 Å². The van der Waals surface area contributed by atoms with E-state index >= 15 is 0 Å². The molecule has 0 amide bonds. The quantitative estimate of drug-likeness (QED) is 0.526. The Hall–Kier alpha value is -1.71. The van der Waals surface area contributed by atoms with Crippen molar-refractivity contribution >= 4 is 17.3 Å². The molecule has 0 saturated heterocycles. The number of nitrogens with two attached hydrogens (primary N) is 1. The van der Waals surface area contributed by atoms with E-state index in [2.05, 4.69) is 11.8 Å². The Kier molecular flexibility index (Phi) is 3.34. The number of nitrogens with zero attached hydrogens (tertiary/aromatic N) is 1. The van der Waals surface area contributed by atoms with Gasteiger partial charge in [0.1, 0.15) is 0 Å². The fourth-order valence-electron chi connectivity index (χ4n) is 0.840. The summed E-state index contributed by atoms with van der Waals surface area (Å²) in [5.74, 6) is 4.45. The van der Waals surface area contributed by atoms with Gasteiger partial charge < -0.3 is 5.73 Å². The molecule has 1 rings (SSSR count). The van der Waals surface area contributed by atoms with Gasteiger partial charge in [0, 0.05) is 5.56 Å². The number of hydrogen-bond donors (Lipinski definition) is 1. The van der Waals surface area contributed by atoms with Crippen molar-refractivity contribution in [3.63, 3.8) is 0 Å². The molecule has 0 saturated carbocycles. The SMILES string of the molecule is N#CCC#Cc1ccc(N)c(F)c1Cl. The standard InChI is InChI=1S/C10H6ClFN2/c11-9-7(3-1-2-6-13)4-5-8(14)10(9)12/h4-5H,2,14H2. The van der Waals surface area contributed by atoms with Gasteiger partial charge in [0.15, 0.2) is 5.82 Å². The van der Waals surface area contributed by atoms with Crippen LogP contribution in [-0.2, 0) is 0 Å². The van der Waals surface area contributed by atoms with Gasteiger partial charge in [-0.2, -0.15) is 5.26 Å². The molecule has 70 valence electrons. The van der Waals surface area contributed by atoms with E-state index in [1.807, 2.05) is 6.07 Å². The lowest BCUT2D eigenvalue weighted by molar-refractivity contribution is 0.632. The maximum absolute atomic E-state index is 13.1. The molecule has 0 bridgehead atoms. The van der Waals surface area contributed by atoms with Crippen molar-refractivity contribution < 1.29 is 4.39 Å². The van der Waals surface area contributed by atoms with Crippen molar-refractivity contribution in [1.29, 1.82) is 5.26 Å². The van der Waals surface area contributed by atoms with Crippen molar-refractivity contribution in [3.8, 4) is 17.9 Å². The van der Waals surface area contributed by atoms with Crippen LogP contribution < -0.4 is 5.73 Å². The van der Waals surface area contributed by atoms with E-state index < -0.39 is 5.82 Å². The van der Waals surface area contributed by atoms with Gasteiger partial charge in [0.05, 0.1) is 23.2 Å². The van der Waals surface area contributed by atoms with Crippen molar-refractivity contribution in [2.45, 2.75) is 6.42 Å². The number of rotatable bonds is 0. The van der Waals surface area contributed by atoms with E-state index in [9.17, 15) is 4.39 Å². The average Bonchev–Trinajstić information content (AvgIpc) is 2.18. The van der Waals surface area contributed by atoms with Crippen molar-refractivity contribution in [2.75, 3.05) is 5.73 Å². The lowest BCUT2D eigenvalue weighted by Gasteiger charge is -2.00. The summed E-state index contributed by atoms with van der Waals surface area (Å²) in [6, 6.07) is 4.75. The molecule has 2 nitrogen and oxygen atoms in total. The van der Waals surface area contributed by atoms with E-state index in [0.717, 1.165) is 0 Å². The first-order chi connectivity index (χ1) is 6.66. The Bertz CT molecular complexity index is 452. The highest BCUT2D eigenvalue weighted by Crippen LogP contribution is 2.23. The van der Waals surface area contributed by atoms with Crippen LogP contribution in [-0.4, -0.2) is 0 Å². The molecule has 0 aliphatic carbocycles. The second-order valence-corrected chi connectivity index (χ2v) is 2.84. The van der Waals surface area contributed by atoms with Crippen molar-refractivity contribution in [2.24, 2.45) is 0 Å². The van der Waals surface area contributed by atoms with Crippen LogP contribution in [0.1, 0.15) is 12.0 Å². The van der Waals surface area contributed by atoms with Crippen LogP contribution in [0, 0.1) is 29.0 Å². The lowest BCUT2D eigenvalue weighted by atomic mass is 10.2. The molecule has 14 heavy (non-hydrogen) atoms. The fourth-order valence-corrected chi connectivity index (χ4v) is 1.06. The first kappa shape index (κ1) is 10.4. The third-order valence-corrected chi connectivity index (χ3v) is 1.87. The predicted molar refractivity (Wildman–Crippen MR) is 52.9 cm³/mol. The minimum absolute atomic E-state index is 0.0131. The zero-order valence-electron chi connectivity index (χ0n) is 7.14. The molecule has 0 fully saturated rings. The fraction of sp³-hybridized carbons (Fsp3) is 0.100. The number of nitriles is 1. The summed E-state index contributed by atoms with van der Waals surface area (Å²) in [5, 5.41) is 8.13. The average molecular weight is 209 g/mol. The Balaban J connectivity index is 3.09. The van der Waals surface area contributed by atoms with E-state index in [-0.39, 0.29) is 17.1 Å². The summed E-state index contributed by atoms with van der Waals surface area (Å²) >= 11 is 5.64. The molecule has 0 atom stereocenters. The summed E-state index contributed by atoms with van der Waals surface area (Å²) in [6.07, 6.45) is 0.0856. The summed E-state index contributed by atoms with van der Waals surface area (Å²) in [4.78, 5) is 0. The highest BCUT2D eigenvalue weighted by molar-refractivity contribution is 6.32. The molecule has 0 radical (unpaired) electrons. The van der Waals surface area contributed by atoms with Crippen molar-refractivity contribution in [3.05, 3.63) is 28.5 Å². The van der Waals surface area contributed by atoms with Crippen LogP contribution in [0.3, 0.4) is 0 Å². The van der Waals surface area contributed by atoms with Crippen LogP contribution in [0.15, 0.2) is 12.1 Å².